The smallest absolute Gasteiger partial charge is 0.195 e. The predicted octanol–water partition coefficient (Wildman–Crippen LogP) is 7.11. The van der Waals surface area contributed by atoms with E-state index in [1.807, 2.05) is 54.6 Å². The van der Waals surface area contributed by atoms with E-state index in [2.05, 4.69) is 65.2 Å². The zero-order valence-electron chi connectivity index (χ0n) is 17.7. The van der Waals surface area contributed by atoms with Gasteiger partial charge in [-0.1, -0.05) is 78.1 Å². The van der Waals surface area contributed by atoms with Crippen LogP contribution in [0.3, 0.4) is 0 Å². The fourth-order valence-corrected chi connectivity index (χ4v) is 4.86. The summed E-state index contributed by atoms with van der Waals surface area (Å²) >= 11 is 1.70. The maximum absolute atomic E-state index is 5.40. The number of nitrogens with zero attached hydrogens (tertiary/aromatic N) is 2. The molecule has 0 saturated heterocycles. The number of benzene rings is 4. The summed E-state index contributed by atoms with van der Waals surface area (Å²) in [6, 6.07) is 39.3. The van der Waals surface area contributed by atoms with E-state index < -0.39 is 0 Å². The number of para-hydroxylation sites is 2. The molecule has 0 amide bonds. The Morgan fingerprint density at radius 3 is 1.88 bits per heavy atom. The van der Waals surface area contributed by atoms with E-state index in [4.69, 9.17) is 9.73 Å². The molecule has 0 spiro atoms. The third kappa shape index (κ3) is 4.01. The van der Waals surface area contributed by atoms with Crippen molar-refractivity contribution in [3.63, 3.8) is 0 Å². The van der Waals surface area contributed by atoms with Gasteiger partial charge in [-0.2, -0.15) is 0 Å². The molecule has 0 aliphatic carbocycles. The van der Waals surface area contributed by atoms with Crippen LogP contribution >= 0.6 is 11.3 Å². The second kappa shape index (κ2) is 9.08. The molecule has 0 aliphatic rings. The van der Waals surface area contributed by atoms with Gasteiger partial charge < -0.3 is 4.74 Å². The van der Waals surface area contributed by atoms with Crippen LogP contribution in [0.2, 0.25) is 0 Å². The Labute approximate surface area is 191 Å². The second-order valence-corrected chi connectivity index (χ2v) is 8.25. The molecule has 3 nitrogen and oxygen atoms in total. The van der Waals surface area contributed by atoms with Crippen molar-refractivity contribution in [1.29, 1.82) is 0 Å². The fraction of sp³-hybridized carbons (Fsp3) is 0.0357. The highest BCUT2D eigenvalue weighted by Crippen LogP contribution is 2.37. The van der Waals surface area contributed by atoms with Gasteiger partial charge in [0.15, 0.2) is 4.80 Å². The third-order valence-electron chi connectivity index (χ3n) is 5.22. The molecule has 0 unspecified atom stereocenters. The van der Waals surface area contributed by atoms with E-state index in [1.54, 1.807) is 18.4 Å². The molecule has 0 radical (unpaired) electrons. The van der Waals surface area contributed by atoms with E-state index in [0.29, 0.717) is 0 Å². The first-order valence-corrected chi connectivity index (χ1v) is 11.3. The lowest BCUT2D eigenvalue weighted by atomic mass is 10.1. The second-order valence-electron chi connectivity index (χ2n) is 7.28. The third-order valence-corrected chi connectivity index (χ3v) is 6.31. The molecule has 32 heavy (non-hydrogen) atoms. The SMILES string of the molecule is COc1ccc(-c2c(-c3ccccc3)sc(=Nc3ccccc3)n2-c2ccccc2)cc1. The Hall–Kier alpha value is -3.89. The summed E-state index contributed by atoms with van der Waals surface area (Å²) in [5.41, 5.74) is 5.40. The largest absolute Gasteiger partial charge is 0.497 e. The first-order valence-electron chi connectivity index (χ1n) is 10.4. The van der Waals surface area contributed by atoms with Gasteiger partial charge in [0.25, 0.3) is 0 Å². The molecule has 0 N–H and O–H groups in total. The van der Waals surface area contributed by atoms with E-state index in [-0.39, 0.29) is 0 Å². The van der Waals surface area contributed by atoms with Crippen LogP contribution in [0.25, 0.3) is 27.4 Å². The van der Waals surface area contributed by atoms with Crippen LogP contribution in [0.4, 0.5) is 5.69 Å². The van der Waals surface area contributed by atoms with Crippen molar-refractivity contribution in [2.75, 3.05) is 7.11 Å². The topological polar surface area (TPSA) is 26.5 Å². The average molecular weight is 435 g/mol. The Bertz CT molecular complexity index is 1370. The molecule has 1 aromatic heterocycles. The summed E-state index contributed by atoms with van der Waals surface area (Å²) in [5.74, 6) is 0.839. The van der Waals surface area contributed by atoms with Crippen LogP contribution in [0.5, 0.6) is 5.75 Å². The number of rotatable bonds is 5. The van der Waals surface area contributed by atoms with Crippen molar-refractivity contribution in [3.05, 3.63) is 120 Å². The van der Waals surface area contributed by atoms with Crippen molar-refractivity contribution >= 4 is 17.0 Å². The summed E-state index contributed by atoms with van der Waals surface area (Å²) < 4.78 is 7.65. The number of hydrogen-bond acceptors (Lipinski definition) is 3. The fourth-order valence-electron chi connectivity index (χ4n) is 3.68. The molecule has 0 bridgehead atoms. The van der Waals surface area contributed by atoms with Gasteiger partial charge >= 0.3 is 0 Å². The van der Waals surface area contributed by atoms with E-state index >= 15 is 0 Å². The van der Waals surface area contributed by atoms with Gasteiger partial charge in [0.05, 0.1) is 23.4 Å². The van der Waals surface area contributed by atoms with Gasteiger partial charge in [-0.15, -0.1) is 0 Å². The molecular formula is C28H22N2OS. The van der Waals surface area contributed by atoms with Crippen molar-refractivity contribution in [1.82, 2.24) is 4.57 Å². The number of hydrogen-bond donors (Lipinski definition) is 0. The van der Waals surface area contributed by atoms with Crippen LogP contribution < -0.4 is 9.54 Å². The van der Waals surface area contributed by atoms with Crippen molar-refractivity contribution in [2.45, 2.75) is 0 Å². The molecule has 1 heterocycles. The summed E-state index contributed by atoms with van der Waals surface area (Å²) in [6.07, 6.45) is 0. The van der Waals surface area contributed by atoms with Gasteiger partial charge in [-0.25, -0.2) is 4.99 Å². The molecule has 0 aliphatic heterocycles. The maximum Gasteiger partial charge on any atom is 0.195 e. The zero-order valence-corrected chi connectivity index (χ0v) is 18.5. The molecule has 0 fully saturated rings. The summed E-state index contributed by atoms with van der Waals surface area (Å²) in [4.78, 5) is 7.14. The number of aromatic nitrogens is 1. The molecule has 4 heteroatoms. The summed E-state index contributed by atoms with van der Waals surface area (Å²) in [5, 5.41) is 0. The van der Waals surface area contributed by atoms with E-state index in [0.717, 1.165) is 33.2 Å². The van der Waals surface area contributed by atoms with Crippen LogP contribution in [0, 0.1) is 0 Å². The van der Waals surface area contributed by atoms with E-state index in [1.165, 1.54) is 10.4 Å². The highest BCUT2D eigenvalue weighted by Gasteiger charge is 2.18. The normalized spacial score (nSPS) is 11.5. The molecule has 0 saturated carbocycles. The number of thiazole rings is 1. The van der Waals surface area contributed by atoms with Crippen LogP contribution in [0.1, 0.15) is 0 Å². The average Bonchev–Trinajstić information content (AvgIpc) is 3.25. The lowest BCUT2D eigenvalue weighted by Crippen LogP contribution is -2.13. The summed E-state index contributed by atoms with van der Waals surface area (Å²) in [6.45, 7) is 0. The van der Waals surface area contributed by atoms with Crippen molar-refractivity contribution in [3.8, 4) is 33.1 Å². The Morgan fingerprint density at radius 1 is 0.656 bits per heavy atom. The minimum Gasteiger partial charge on any atom is -0.497 e. The molecule has 5 aromatic rings. The van der Waals surface area contributed by atoms with Gasteiger partial charge in [0, 0.05) is 11.3 Å². The molecular weight excluding hydrogens is 412 g/mol. The van der Waals surface area contributed by atoms with Gasteiger partial charge in [0.1, 0.15) is 5.75 Å². The maximum atomic E-state index is 5.40. The van der Waals surface area contributed by atoms with Crippen molar-refractivity contribution in [2.24, 2.45) is 4.99 Å². The minimum absolute atomic E-state index is 0.839. The lowest BCUT2D eigenvalue weighted by Gasteiger charge is -2.12. The van der Waals surface area contributed by atoms with Gasteiger partial charge in [0.2, 0.25) is 0 Å². The Balaban J connectivity index is 1.86. The minimum atomic E-state index is 0.839. The highest BCUT2D eigenvalue weighted by molar-refractivity contribution is 7.13. The molecule has 5 rings (SSSR count). The standard InChI is InChI=1S/C28H22N2OS/c1-31-25-19-17-21(18-20-25)26-27(22-11-5-2-6-12-22)32-28(29-23-13-7-3-8-14-23)30(26)24-15-9-4-10-16-24/h2-20H,1H3. The molecule has 156 valence electrons. The monoisotopic (exact) mass is 434 g/mol. The van der Waals surface area contributed by atoms with Gasteiger partial charge in [-0.3, -0.25) is 4.57 Å². The van der Waals surface area contributed by atoms with E-state index in [9.17, 15) is 0 Å². The zero-order chi connectivity index (χ0) is 21.8. The van der Waals surface area contributed by atoms with Crippen LogP contribution in [-0.4, -0.2) is 11.7 Å². The first-order chi connectivity index (χ1) is 15.8. The predicted molar refractivity (Wildman–Crippen MR) is 133 cm³/mol. The number of ether oxygens (including phenoxy) is 1. The van der Waals surface area contributed by atoms with Gasteiger partial charge in [-0.05, 0) is 54.1 Å². The van der Waals surface area contributed by atoms with Crippen molar-refractivity contribution < 1.29 is 4.74 Å². The highest BCUT2D eigenvalue weighted by atomic mass is 32.1. The Kier molecular flexibility index (Phi) is 5.69. The molecule has 0 atom stereocenters. The van der Waals surface area contributed by atoms with Crippen LogP contribution in [-0.2, 0) is 0 Å². The lowest BCUT2D eigenvalue weighted by molar-refractivity contribution is 0.415. The Morgan fingerprint density at radius 2 is 1.25 bits per heavy atom. The first kappa shape index (κ1) is 20.0. The van der Waals surface area contributed by atoms with Crippen LogP contribution in [0.15, 0.2) is 120 Å². The quantitative estimate of drug-likeness (QED) is 0.289. The summed E-state index contributed by atoms with van der Waals surface area (Å²) in [7, 11) is 1.69. The number of methoxy groups -OCH3 is 1. The molecule has 4 aromatic carbocycles.